The summed E-state index contributed by atoms with van der Waals surface area (Å²) in [7, 11) is 0. The standard InChI is InChI=1S/C9H11N3/c1-2-8-3-7(4-10)6-12-9(8)5-11/h3,6H,2,4,10H2,1H3. The fourth-order valence-electron chi connectivity index (χ4n) is 1.04. The molecule has 0 bridgehead atoms. The second-order valence-corrected chi connectivity index (χ2v) is 2.52. The smallest absolute Gasteiger partial charge is 0.143 e. The molecule has 2 N–H and O–H groups in total. The molecular weight excluding hydrogens is 150 g/mol. The molecule has 1 aromatic rings. The number of aromatic nitrogens is 1. The average Bonchev–Trinajstić information content (AvgIpc) is 2.16. The topological polar surface area (TPSA) is 62.7 Å². The summed E-state index contributed by atoms with van der Waals surface area (Å²) in [5, 5.41) is 8.67. The fraction of sp³-hybridized carbons (Fsp3) is 0.333. The van der Waals surface area contributed by atoms with E-state index in [2.05, 4.69) is 4.98 Å². The molecule has 3 heteroatoms. The number of hydrogen-bond acceptors (Lipinski definition) is 3. The van der Waals surface area contributed by atoms with E-state index < -0.39 is 0 Å². The summed E-state index contributed by atoms with van der Waals surface area (Å²) >= 11 is 0. The number of nitrogens with two attached hydrogens (primary N) is 1. The van der Waals surface area contributed by atoms with Crippen molar-refractivity contribution in [1.29, 1.82) is 5.26 Å². The van der Waals surface area contributed by atoms with Crippen LogP contribution in [0.5, 0.6) is 0 Å². The highest BCUT2D eigenvalue weighted by atomic mass is 14.7. The predicted octanol–water partition coefficient (Wildman–Crippen LogP) is 0.974. The van der Waals surface area contributed by atoms with Crippen LogP contribution in [0.15, 0.2) is 12.3 Å². The van der Waals surface area contributed by atoms with E-state index in [1.807, 2.05) is 19.1 Å². The van der Waals surface area contributed by atoms with Gasteiger partial charge in [0.2, 0.25) is 0 Å². The summed E-state index contributed by atoms with van der Waals surface area (Å²) in [6.07, 6.45) is 2.47. The van der Waals surface area contributed by atoms with Gasteiger partial charge in [-0.05, 0) is 17.5 Å². The van der Waals surface area contributed by atoms with Crippen LogP contribution in [-0.2, 0) is 13.0 Å². The zero-order valence-corrected chi connectivity index (χ0v) is 7.04. The highest BCUT2D eigenvalue weighted by molar-refractivity contribution is 5.33. The molecule has 0 atom stereocenters. The summed E-state index contributed by atoms with van der Waals surface area (Å²) in [6, 6.07) is 3.98. The summed E-state index contributed by atoms with van der Waals surface area (Å²) in [5.74, 6) is 0. The first kappa shape index (κ1) is 8.69. The molecule has 1 heterocycles. The number of pyridine rings is 1. The summed E-state index contributed by atoms with van der Waals surface area (Å²) in [5.41, 5.74) is 7.90. The Morgan fingerprint density at radius 2 is 2.42 bits per heavy atom. The van der Waals surface area contributed by atoms with Crippen molar-refractivity contribution in [1.82, 2.24) is 4.98 Å². The van der Waals surface area contributed by atoms with Gasteiger partial charge in [0.15, 0.2) is 0 Å². The van der Waals surface area contributed by atoms with Crippen molar-refractivity contribution in [2.24, 2.45) is 5.73 Å². The number of hydrogen-bond donors (Lipinski definition) is 1. The van der Waals surface area contributed by atoms with Crippen molar-refractivity contribution in [3.8, 4) is 6.07 Å². The third kappa shape index (κ3) is 1.60. The van der Waals surface area contributed by atoms with Gasteiger partial charge in [-0.1, -0.05) is 13.0 Å². The van der Waals surface area contributed by atoms with E-state index in [1.54, 1.807) is 6.20 Å². The normalized spacial score (nSPS) is 9.42. The first-order chi connectivity index (χ1) is 5.81. The van der Waals surface area contributed by atoms with E-state index >= 15 is 0 Å². The lowest BCUT2D eigenvalue weighted by Gasteiger charge is -2.01. The Morgan fingerprint density at radius 1 is 1.67 bits per heavy atom. The van der Waals surface area contributed by atoms with E-state index in [9.17, 15) is 0 Å². The van der Waals surface area contributed by atoms with Crippen LogP contribution in [0.3, 0.4) is 0 Å². The van der Waals surface area contributed by atoms with Gasteiger partial charge in [0.05, 0.1) is 0 Å². The van der Waals surface area contributed by atoms with Gasteiger partial charge in [0.25, 0.3) is 0 Å². The maximum atomic E-state index is 8.67. The van der Waals surface area contributed by atoms with E-state index in [0.717, 1.165) is 17.5 Å². The molecule has 62 valence electrons. The molecule has 12 heavy (non-hydrogen) atoms. The minimum absolute atomic E-state index is 0.478. The van der Waals surface area contributed by atoms with Gasteiger partial charge in [-0.15, -0.1) is 0 Å². The van der Waals surface area contributed by atoms with E-state index in [4.69, 9.17) is 11.0 Å². The molecule has 1 rings (SSSR count). The average molecular weight is 161 g/mol. The van der Waals surface area contributed by atoms with Crippen LogP contribution in [0.25, 0.3) is 0 Å². The predicted molar refractivity (Wildman–Crippen MR) is 46.2 cm³/mol. The molecule has 1 aromatic heterocycles. The second-order valence-electron chi connectivity index (χ2n) is 2.52. The van der Waals surface area contributed by atoms with Crippen molar-refractivity contribution in [2.75, 3.05) is 0 Å². The van der Waals surface area contributed by atoms with Gasteiger partial charge >= 0.3 is 0 Å². The number of nitrogens with zero attached hydrogens (tertiary/aromatic N) is 2. The molecule has 0 spiro atoms. The maximum Gasteiger partial charge on any atom is 0.143 e. The zero-order valence-electron chi connectivity index (χ0n) is 7.04. The van der Waals surface area contributed by atoms with Crippen molar-refractivity contribution in [2.45, 2.75) is 19.9 Å². The van der Waals surface area contributed by atoms with E-state index in [-0.39, 0.29) is 0 Å². The van der Waals surface area contributed by atoms with Crippen LogP contribution < -0.4 is 5.73 Å². The minimum Gasteiger partial charge on any atom is -0.326 e. The second kappa shape index (κ2) is 3.84. The zero-order chi connectivity index (χ0) is 8.97. The third-order valence-corrected chi connectivity index (χ3v) is 1.75. The Kier molecular flexibility index (Phi) is 2.78. The number of nitriles is 1. The lowest BCUT2D eigenvalue weighted by atomic mass is 10.1. The van der Waals surface area contributed by atoms with E-state index in [1.165, 1.54) is 0 Å². The summed E-state index contributed by atoms with van der Waals surface area (Å²) < 4.78 is 0. The Hall–Kier alpha value is -1.40. The molecule has 0 aliphatic carbocycles. The molecule has 0 fully saturated rings. The molecule has 0 radical (unpaired) electrons. The fourth-order valence-corrected chi connectivity index (χ4v) is 1.04. The Labute approximate surface area is 71.8 Å². The number of rotatable bonds is 2. The minimum atomic E-state index is 0.478. The SMILES string of the molecule is CCc1cc(CN)cnc1C#N. The van der Waals surface area contributed by atoms with Crippen molar-refractivity contribution < 1.29 is 0 Å². The molecule has 3 nitrogen and oxygen atoms in total. The molecule has 0 aliphatic heterocycles. The largest absolute Gasteiger partial charge is 0.326 e. The van der Waals surface area contributed by atoms with Crippen molar-refractivity contribution >= 4 is 0 Å². The summed E-state index contributed by atoms with van der Waals surface area (Å²) in [4.78, 5) is 4.00. The van der Waals surface area contributed by atoms with Crippen LogP contribution in [0.4, 0.5) is 0 Å². The highest BCUT2D eigenvalue weighted by Crippen LogP contribution is 2.08. The highest BCUT2D eigenvalue weighted by Gasteiger charge is 2.01. The molecule has 0 unspecified atom stereocenters. The van der Waals surface area contributed by atoms with Gasteiger partial charge in [-0.2, -0.15) is 5.26 Å². The number of aryl methyl sites for hydroxylation is 1. The molecule has 0 aromatic carbocycles. The monoisotopic (exact) mass is 161 g/mol. The quantitative estimate of drug-likeness (QED) is 0.703. The van der Waals surface area contributed by atoms with Crippen LogP contribution in [-0.4, -0.2) is 4.98 Å². The van der Waals surface area contributed by atoms with Gasteiger partial charge in [-0.25, -0.2) is 4.98 Å². The molecule has 0 saturated heterocycles. The van der Waals surface area contributed by atoms with Crippen LogP contribution in [0.1, 0.15) is 23.7 Å². The maximum absolute atomic E-state index is 8.67. The first-order valence-electron chi connectivity index (χ1n) is 3.89. The van der Waals surface area contributed by atoms with Crippen LogP contribution >= 0.6 is 0 Å². The Bertz CT molecular complexity index is 312. The lowest BCUT2D eigenvalue weighted by Crippen LogP contribution is -2.00. The first-order valence-corrected chi connectivity index (χ1v) is 3.89. The van der Waals surface area contributed by atoms with E-state index in [0.29, 0.717) is 12.2 Å². The lowest BCUT2D eigenvalue weighted by molar-refractivity contribution is 1.00. The van der Waals surface area contributed by atoms with Crippen molar-refractivity contribution in [3.63, 3.8) is 0 Å². The molecule has 0 aliphatic rings. The third-order valence-electron chi connectivity index (χ3n) is 1.75. The Morgan fingerprint density at radius 3 is 2.92 bits per heavy atom. The Balaban J connectivity index is 3.13. The van der Waals surface area contributed by atoms with Crippen LogP contribution in [0, 0.1) is 11.3 Å². The van der Waals surface area contributed by atoms with Gasteiger partial charge < -0.3 is 5.73 Å². The summed E-state index contributed by atoms with van der Waals surface area (Å²) in [6.45, 7) is 2.48. The van der Waals surface area contributed by atoms with Gasteiger partial charge in [-0.3, -0.25) is 0 Å². The van der Waals surface area contributed by atoms with Gasteiger partial charge in [0, 0.05) is 12.7 Å². The van der Waals surface area contributed by atoms with Crippen molar-refractivity contribution in [3.05, 3.63) is 29.1 Å². The molecule has 0 amide bonds. The molecule has 0 saturated carbocycles. The van der Waals surface area contributed by atoms with Gasteiger partial charge in [0.1, 0.15) is 11.8 Å². The molecular formula is C9H11N3. The van der Waals surface area contributed by atoms with Crippen LogP contribution in [0.2, 0.25) is 0 Å².